The highest BCUT2D eigenvalue weighted by Crippen LogP contribution is 2.43. The van der Waals surface area contributed by atoms with Crippen LogP contribution in [0.1, 0.15) is 38.4 Å². The standard InChI is InChI=1S/C24H31N5O3/c1-5-11-24(4)20-19(15-32-24)22(29-12-13-31-14-16(29)3)28-21(27-20)17-7-9-18(10-8-17)26-23(30)25-6-2/h5,7-10,16H,1,6,11-15H2,2-4H3,(H2,25,26,30)/t16-,24-/m0/s1. The highest BCUT2D eigenvalue weighted by atomic mass is 16.5. The summed E-state index contributed by atoms with van der Waals surface area (Å²) in [5, 5.41) is 5.54. The van der Waals surface area contributed by atoms with Gasteiger partial charge in [0.05, 0.1) is 31.6 Å². The molecule has 2 N–H and O–H groups in total. The summed E-state index contributed by atoms with van der Waals surface area (Å²) in [5.74, 6) is 1.56. The predicted molar refractivity (Wildman–Crippen MR) is 125 cm³/mol. The van der Waals surface area contributed by atoms with Crippen LogP contribution in [-0.2, 0) is 21.7 Å². The SMILES string of the molecule is C=CC[C@]1(C)OCc2c(N3CCOC[C@@H]3C)nc(-c3ccc(NC(=O)NCC)cc3)nc21. The van der Waals surface area contributed by atoms with E-state index >= 15 is 0 Å². The molecule has 0 spiro atoms. The number of ether oxygens (including phenoxy) is 2. The van der Waals surface area contributed by atoms with Crippen molar-refractivity contribution in [3.05, 3.63) is 48.2 Å². The molecule has 8 heteroatoms. The molecule has 0 saturated carbocycles. The first-order valence-electron chi connectivity index (χ1n) is 11.1. The van der Waals surface area contributed by atoms with E-state index in [1.165, 1.54) is 0 Å². The molecule has 170 valence electrons. The van der Waals surface area contributed by atoms with E-state index in [1.807, 2.05) is 37.3 Å². The zero-order valence-electron chi connectivity index (χ0n) is 19.0. The van der Waals surface area contributed by atoms with Crippen LogP contribution in [0, 0.1) is 0 Å². The van der Waals surface area contributed by atoms with E-state index in [0.29, 0.717) is 44.3 Å². The average molecular weight is 438 g/mol. The Bertz CT molecular complexity index is 994. The van der Waals surface area contributed by atoms with Crippen LogP contribution in [0.5, 0.6) is 0 Å². The van der Waals surface area contributed by atoms with E-state index in [9.17, 15) is 4.79 Å². The second-order valence-corrected chi connectivity index (χ2v) is 8.39. The molecule has 2 aliphatic heterocycles. The lowest BCUT2D eigenvalue weighted by molar-refractivity contribution is -0.0228. The van der Waals surface area contributed by atoms with Crippen molar-refractivity contribution in [2.75, 3.05) is 36.5 Å². The van der Waals surface area contributed by atoms with Gasteiger partial charge in [0.1, 0.15) is 11.4 Å². The number of carbonyl (C=O) groups excluding carboxylic acids is 1. The number of amides is 2. The predicted octanol–water partition coefficient (Wildman–Crippen LogP) is 3.83. The molecule has 2 amide bonds. The summed E-state index contributed by atoms with van der Waals surface area (Å²) in [5.41, 5.74) is 3.02. The number of benzene rings is 1. The number of aromatic nitrogens is 2. The topological polar surface area (TPSA) is 88.6 Å². The third-order valence-electron chi connectivity index (χ3n) is 5.93. The maximum absolute atomic E-state index is 11.8. The van der Waals surface area contributed by atoms with Crippen molar-refractivity contribution in [1.82, 2.24) is 15.3 Å². The fourth-order valence-corrected chi connectivity index (χ4v) is 4.22. The number of fused-ring (bicyclic) bond motifs is 1. The van der Waals surface area contributed by atoms with E-state index < -0.39 is 5.60 Å². The lowest BCUT2D eigenvalue weighted by Gasteiger charge is -2.35. The second kappa shape index (κ2) is 9.26. The maximum Gasteiger partial charge on any atom is 0.319 e. The lowest BCUT2D eigenvalue weighted by atomic mass is 9.96. The number of hydrogen-bond donors (Lipinski definition) is 2. The minimum Gasteiger partial charge on any atom is -0.377 e. The van der Waals surface area contributed by atoms with Gasteiger partial charge in [-0.05, 0) is 51.5 Å². The Labute approximate surface area is 189 Å². The van der Waals surface area contributed by atoms with Gasteiger partial charge in [-0.3, -0.25) is 0 Å². The Balaban J connectivity index is 1.73. The molecule has 8 nitrogen and oxygen atoms in total. The molecular formula is C24H31N5O3. The van der Waals surface area contributed by atoms with Gasteiger partial charge in [-0.15, -0.1) is 6.58 Å². The van der Waals surface area contributed by atoms with Crippen LogP contribution in [0.2, 0.25) is 0 Å². The third-order valence-corrected chi connectivity index (χ3v) is 5.93. The highest BCUT2D eigenvalue weighted by Gasteiger charge is 2.40. The molecule has 2 aliphatic rings. The summed E-state index contributed by atoms with van der Waals surface area (Å²) in [6.45, 7) is 13.2. The van der Waals surface area contributed by atoms with Crippen molar-refractivity contribution in [3.8, 4) is 11.4 Å². The Hall–Kier alpha value is -2.97. The molecule has 2 aromatic rings. The number of nitrogens with one attached hydrogen (secondary N) is 2. The van der Waals surface area contributed by atoms with Crippen molar-refractivity contribution in [3.63, 3.8) is 0 Å². The van der Waals surface area contributed by atoms with Crippen molar-refractivity contribution in [1.29, 1.82) is 0 Å². The molecule has 4 rings (SSSR count). The van der Waals surface area contributed by atoms with Crippen LogP contribution in [-0.4, -0.2) is 48.3 Å². The number of morpholine rings is 1. The van der Waals surface area contributed by atoms with Crippen molar-refractivity contribution >= 4 is 17.5 Å². The van der Waals surface area contributed by atoms with Crippen LogP contribution < -0.4 is 15.5 Å². The molecule has 0 unspecified atom stereocenters. The number of rotatable bonds is 6. The summed E-state index contributed by atoms with van der Waals surface area (Å²) in [4.78, 5) is 24.0. The minimum absolute atomic E-state index is 0.213. The van der Waals surface area contributed by atoms with Gasteiger partial charge in [-0.1, -0.05) is 6.08 Å². The summed E-state index contributed by atoms with van der Waals surface area (Å²) in [7, 11) is 0. The fourth-order valence-electron chi connectivity index (χ4n) is 4.22. The molecule has 0 radical (unpaired) electrons. The van der Waals surface area contributed by atoms with E-state index in [1.54, 1.807) is 0 Å². The van der Waals surface area contributed by atoms with E-state index in [0.717, 1.165) is 29.2 Å². The molecule has 3 heterocycles. The van der Waals surface area contributed by atoms with E-state index in [2.05, 4.69) is 36.0 Å². The Morgan fingerprint density at radius 2 is 2.12 bits per heavy atom. The molecule has 1 aromatic heterocycles. The first-order chi connectivity index (χ1) is 15.4. The quantitative estimate of drug-likeness (QED) is 0.668. The summed E-state index contributed by atoms with van der Waals surface area (Å²) < 4.78 is 11.8. The normalized spacial score (nSPS) is 22.3. The third kappa shape index (κ3) is 4.33. The van der Waals surface area contributed by atoms with Crippen LogP contribution in [0.15, 0.2) is 36.9 Å². The molecule has 0 bridgehead atoms. The molecular weight excluding hydrogens is 406 g/mol. The molecule has 1 fully saturated rings. The molecule has 1 aromatic carbocycles. The summed E-state index contributed by atoms with van der Waals surface area (Å²) in [6, 6.07) is 7.56. The zero-order chi connectivity index (χ0) is 22.7. The Morgan fingerprint density at radius 1 is 1.34 bits per heavy atom. The van der Waals surface area contributed by atoms with E-state index in [4.69, 9.17) is 19.4 Å². The van der Waals surface area contributed by atoms with Crippen molar-refractivity contribution in [2.24, 2.45) is 0 Å². The molecule has 0 aliphatic carbocycles. The fraction of sp³-hybridized carbons (Fsp3) is 0.458. The van der Waals surface area contributed by atoms with Gasteiger partial charge in [0.15, 0.2) is 5.82 Å². The monoisotopic (exact) mass is 437 g/mol. The summed E-state index contributed by atoms with van der Waals surface area (Å²) in [6.07, 6.45) is 2.54. The van der Waals surface area contributed by atoms with E-state index in [-0.39, 0.29) is 12.1 Å². The van der Waals surface area contributed by atoms with Gasteiger partial charge in [0, 0.05) is 29.9 Å². The molecule has 2 atom stereocenters. The smallest absolute Gasteiger partial charge is 0.319 e. The Kier molecular flexibility index (Phi) is 6.43. The number of anilines is 2. The second-order valence-electron chi connectivity index (χ2n) is 8.39. The first-order valence-corrected chi connectivity index (χ1v) is 11.1. The van der Waals surface area contributed by atoms with Gasteiger partial charge in [-0.25, -0.2) is 14.8 Å². The zero-order valence-corrected chi connectivity index (χ0v) is 19.0. The van der Waals surface area contributed by atoms with Crippen molar-refractivity contribution < 1.29 is 14.3 Å². The number of urea groups is 1. The Morgan fingerprint density at radius 3 is 2.81 bits per heavy atom. The first kappa shape index (κ1) is 22.2. The summed E-state index contributed by atoms with van der Waals surface area (Å²) >= 11 is 0. The van der Waals surface area contributed by atoms with Gasteiger partial charge in [0.2, 0.25) is 0 Å². The van der Waals surface area contributed by atoms with Gasteiger partial charge in [0.25, 0.3) is 0 Å². The average Bonchev–Trinajstić information content (AvgIpc) is 3.11. The van der Waals surface area contributed by atoms with Crippen molar-refractivity contribution in [2.45, 2.75) is 45.4 Å². The van der Waals surface area contributed by atoms with Crippen LogP contribution in [0.4, 0.5) is 16.3 Å². The van der Waals surface area contributed by atoms with Gasteiger partial charge >= 0.3 is 6.03 Å². The maximum atomic E-state index is 11.8. The highest BCUT2D eigenvalue weighted by molar-refractivity contribution is 5.89. The van der Waals surface area contributed by atoms with Gasteiger partial charge < -0.3 is 25.0 Å². The van der Waals surface area contributed by atoms with Gasteiger partial charge in [-0.2, -0.15) is 0 Å². The largest absolute Gasteiger partial charge is 0.377 e. The molecule has 32 heavy (non-hydrogen) atoms. The minimum atomic E-state index is -0.529. The van der Waals surface area contributed by atoms with Crippen LogP contribution in [0.25, 0.3) is 11.4 Å². The lowest BCUT2D eigenvalue weighted by Crippen LogP contribution is -2.44. The molecule has 1 saturated heterocycles. The van der Waals surface area contributed by atoms with Crippen LogP contribution >= 0.6 is 0 Å². The number of nitrogens with zero attached hydrogens (tertiary/aromatic N) is 3. The number of hydrogen-bond acceptors (Lipinski definition) is 6. The number of carbonyl (C=O) groups is 1. The van der Waals surface area contributed by atoms with Crippen LogP contribution in [0.3, 0.4) is 0 Å².